The third kappa shape index (κ3) is 3.72. The number of anilines is 1. The molecule has 150 valence electrons. The second-order valence-corrected chi connectivity index (χ2v) is 8.33. The van der Waals surface area contributed by atoms with Crippen molar-refractivity contribution in [2.75, 3.05) is 11.9 Å². The van der Waals surface area contributed by atoms with Crippen LogP contribution in [0.3, 0.4) is 0 Å². The van der Waals surface area contributed by atoms with Crippen molar-refractivity contribution in [3.05, 3.63) is 29.9 Å². The highest BCUT2D eigenvalue weighted by molar-refractivity contribution is 5.89. The number of aromatic nitrogens is 5. The lowest BCUT2D eigenvalue weighted by molar-refractivity contribution is 0.171. The van der Waals surface area contributed by atoms with Gasteiger partial charge in [-0.25, -0.2) is 14.8 Å². The van der Waals surface area contributed by atoms with Crippen LogP contribution in [0, 0.1) is 5.92 Å². The van der Waals surface area contributed by atoms with Crippen LogP contribution in [0.25, 0.3) is 0 Å². The molecule has 8 nitrogen and oxygen atoms in total. The molecule has 0 bridgehead atoms. The van der Waals surface area contributed by atoms with Crippen LogP contribution in [0.2, 0.25) is 0 Å². The summed E-state index contributed by atoms with van der Waals surface area (Å²) in [6, 6.07) is -0.262. The van der Waals surface area contributed by atoms with Crippen molar-refractivity contribution in [2.24, 2.45) is 5.92 Å². The van der Waals surface area contributed by atoms with Gasteiger partial charge in [0.2, 0.25) is 0 Å². The van der Waals surface area contributed by atoms with E-state index in [0.29, 0.717) is 24.1 Å². The largest absolute Gasteiger partial charge is 0.322 e. The van der Waals surface area contributed by atoms with Crippen LogP contribution >= 0.6 is 0 Å². The smallest absolute Gasteiger partial charge is 0.313 e. The minimum absolute atomic E-state index is 0.113. The Morgan fingerprint density at radius 2 is 1.82 bits per heavy atom. The minimum Gasteiger partial charge on any atom is -0.313 e. The van der Waals surface area contributed by atoms with Gasteiger partial charge in [0.15, 0.2) is 5.82 Å². The van der Waals surface area contributed by atoms with Crippen molar-refractivity contribution < 1.29 is 4.79 Å². The lowest BCUT2D eigenvalue weighted by Gasteiger charge is -2.34. The maximum atomic E-state index is 12.8. The summed E-state index contributed by atoms with van der Waals surface area (Å²) >= 11 is 0. The molecule has 4 rings (SSSR count). The van der Waals surface area contributed by atoms with Crippen molar-refractivity contribution >= 4 is 11.7 Å². The molecule has 0 saturated heterocycles. The molecule has 1 unspecified atom stereocenters. The Labute approximate surface area is 165 Å². The second kappa shape index (κ2) is 7.85. The summed E-state index contributed by atoms with van der Waals surface area (Å²) in [5.41, 5.74) is 0.614. The van der Waals surface area contributed by atoms with E-state index in [1.54, 1.807) is 12.4 Å². The SMILES string of the molecule is CC(C)Cc1ncc(NC(=O)N2CCn3c(C4CCCC4)nnc3C2C)cn1. The van der Waals surface area contributed by atoms with E-state index in [2.05, 4.69) is 43.9 Å². The number of nitrogens with one attached hydrogen (secondary N) is 1. The van der Waals surface area contributed by atoms with Crippen LogP contribution in [0.15, 0.2) is 12.4 Å². The van der Waals surface area contributed by atoms with Gasteiger partial charge < -0.3 is 14.8 Å². The van der Waals surface area contributed by atoms with Crippen LogP contribution in [-0.2, 0) is 13.0 Å². The Morgan fingerprint density at radius 3 is 2.50 bits per heavy atom. The maximum absolute atomic E-state index is 12.8. The third-order valence-corrected chi connectivity index (χ3v) is 5.74. The molecule has 2 aromatic heterocycles. The predicted molar refractivity (Wildman–Crippen MR) is 106 cm³/mol. The first kappa shape index (κ1) is 18.8. The van der Waals surface area contributed by atoms with Crippen molar-refractivity contribution in [3.63, 3.8) is 0 Å². The van der Waals surface area contributed by atoms with E-state index in [1.807, 2.05) is 11.8 Å². The molecule has 2 amide bonds. The summed E-state index contributed by atoms with van der Waals surface area (Å²) in [7, 11) is 0. The molecule has 1 aliphatic carbocycles. The summed E-state index contributed by atoms with van der Waals surface area (Å²) in [4.78, 5) is 23.3. The Morgan fingerprint density at radius 1 is 1.14 bits per heavy atom. The van der Waals surface area contributed by atoms with Crippen LogP contribution in [0.1, 0.15) is 75.9 Å². The number of amides is 2. The minimum atomic E-state index is -0.149. The van der Waals surface area contributed by atoms with Crippen molar-refractivity contribution in [3.8, 4) is 0 Å². The van der Waals surface area contributed by atoms with E-state index in [1.165, 1.54) is 25.7 Å². The molecule has 1 N–H and O–H groups in total. The van der Waals surface area contributed by atoms with E-state index in [-0.39, 0.29) is 12.1 Å². The van der Waals surface area contributed by atoms with Gasteiger partial charge in [0.05, 0.1) is 24.1 Å². The number of urea groups is 1. The summed E-state index contributed by atoms with van der Waals surface area (Å²) in [5, 5.41) is 11.8. The van der Waals surface area contributed by atoms with Gasteiger partial charge >= 0.3 is 6.03 Å². The Balaban J connectivity index is 1.43. The topological polar surface area (TPSA) is 88.8 Å². The Kier molecular flexibility index (Phi) is 5.28. The number of hydrogen-bond acceptors (Lipinski definition) is 5. The zero-order chi connectivity index (χ0) is 19.7. The quantitative estimate of drug-likeness (QED) is 0.872. The number of carbonyl (C=O) groups excluding carboxylic acids is 1. The van der Waals surface area contributed by atoms with Crippen LogP contribution < -0.4 is 5.32 Å². The first-order valence-electron chi connectivity index (χ1n) is 10.3. The molecule has 0 spiro atoms. The zero-order valence-electron chi connectivity index (χ0n) is 16.9. The predicted octanol–water partition coefficient (Wildman–Crippen LogP) is 3.53. The fourth-order valence-corrected chi connectivity index (χ4v) is 4.26. The number of nitrogens with zero attached hydrogens (tertiary/aromatic N) is 6. The van der Waals surface area contributed by atoms with E-state index in [9.17, 15) is 4.79 Å². The van der Waals surface area contributed by atoms with Crippen LogP contribution in [-0.4, -0.2) is 42.2 Å². The highest BCUT2D eigenvalue weighted by Crippen LogP contribution is 2.35. The van der Waals surface area contributed by atoms with Gasteiger partial charge in [0.1, 0.15) is 11.6 Å². The summed E-state index contributed by atoms with van der Waals surface area (Å²) in [6.45, 7) is 7.67. The molecule has 1 aliphatic heterocycles. The fraction of sp³-hybridized carbons (Fsp3) is 0.650. The standard InChI is InChI=1S/C20H29N7O/c1-13(2)10-17-21-11-16(12-22-17)23-20(28)26-8-9-27-18(14(26)3)24-25-19(27)15-6-4-5-7-15/h11-15H,4-10H2,1-3H3,(H,23,28). The molecule has 2 aliphatic rings. The van der Waals surface area contributed by atoms with Crippen LogP contribution in [0.5, 0.6) is 0 Å². The lowest BCUT2D eigenvalue weighted by atomic mass is 10.1. The second-order valence-electron chi connectivity index (χ2n) is 8.33. The van der Waals surface area contributed by atoms with Gasteiger partial charge in [0.25, 0.3) is 0 Å². The molecule has 8 heteroatoms. The van der Waals surface area contributed by atoms with Gasteiger partial charge in [-0.05, 0) is 25.7 Å². The van der Waals surface area contributed by atoms with Crippen LogP contribution in [0.4, 0.5) is 10.5 Å². The van der Waals surface area contributed by atoms with Crippen molar-refractivity contribution in [1.82, 2.24) is 29.6 Å². The molecule has 1 atom stereocenters. The van der Waals surface area contributed by atoms with Gasteiger partial charge in [-0.1, -0.05) is 26.7 Å². The first-order chi connectivity index (χ1) is 13.5. The Hall–Kier alpha value is -2.51. The molecule has 1 saturated carbocycles. The summed E-state index contributed by atoms with van der Waals surface area (Å²) < 4.78 is 2.23. The fourth-order valence-electron chi connectivity index (χ4n) is 4.26. The molecule has 3 heterocycles. The third-order valence-electron chi connectivity index (χ3n) is 5.74. The average Bonchev–Trinajstić information content (AvgIpc) is 3.32. The van der Waals surface area contributed by atoms with E-state index < -0.39 is 0 Å². The van der Waals surface area contributed by atoms with Gasteiger partial charge in [0, 0.05) is 25.4 Å². The summed E-state index contributed by atoms with van der Waals surface area (Å²) in [6.07, 6.45) is 9.13. The lowest BCUT2D eigenvalue weighted by Crippen LogP contribution is -2.43. The number of hydrogen-bond donors (Lipinski definition) is 1. The van der Waals surface area contributed by atoms with Crippen molar-refractivity contribution in [2.45, 2.75) is 71.4 Å². The van der Waals surface area contributed by atoms with E-state index in [4.69, 9.17) is 0 Å². The first-order valence-corrected chi connectivity index (χ1v) is 10.3. The monoisotopic (exact) mass is 383 g/mol. The molecular formula is C20H29N7O. The molecular weight excluding hydrogens is 354 g/mol. The van der Waals surface area contributed by atoms with Crippen molar-refractivity contribution in [1.29, 1.82) is 0 Å². The van der Waals surface area contributed by atoms with E-state index >= 15 is 0 Å². The van der Waals surface area contributed by atoms with Gasteiger partial charge in [-0.3, -0.25) is 0 Å². The molecule has 0 radical (unpaired) electrons. The highest BCUT2D eigenvalue weighted by atomic mass is 16.2. The zero-order valence-corrected chi connectivity index (χ0v) is 16.9. The highest BCUT2D eigenvalue weighted by Gasteiger charge is 2.33. The number of fused-ring (bicyclic) bond motifs is 1. The van der Waals surface area contributed by atoms with Gasteiger partial charge in [-0.2, -0.15) is 0 Å². The molecule has 28 heavy (non-hydrogen) atoms. The Bertz CT molecular complexity index is 824. The average molecular weight is 384 g/mol. The number of rotatable bonds is 4. The van der Waals surface area contributed by atoms with Gasteiger partial charge in [-0.15, -0.1) is 10.2 Å². The van der Waals surface area contributed by atoms with E-state index in [0.717, 1.165) is 30.4 Å². The molecule has 2 aromatic rings. The molecule has 0 aromatic carbocycles. The summed E-state index contributed by atoms with van der Waals surface area (Å²) in [5.74, 6) is 3.81. The molecule has 1 fully saturated rings. The maximum Gasteiger partial charge on any atom is 0.322 e. The normalized spacial score (nSPS) is 19.9. The number of carbonyl (C=O) groups is 1.